The minimum atomic E-state index is -0.406. The summed E-state index contributed by atoms with van der Waals surface area (Å²) in [4.78, 5) is 12.3. The number of rotatable bonds is 6. The lowest BCUT2D eigenvalue weighted by Gasteiger charge is -2.30. The summed E-state index contributed by atoms with van der Waals surface area (Å²) >= 11 is 5.85. The Kier molecular flexibility index (Phi) is 7.06. The number of carbonyl (C=O) groups is 1. The van der Waals surface area contributed by atoms with Crippen LogP contribution in [0.4, 0.5) is 0 Å². The molecular weight excluding hydrogens is 337 g/mol. The van der Waals surface area contributed by atoms with Crippen molar-refractivity contribution in [3.05, 3.63) is 41.0 Å². The summed E-state index contributed by atoms with van der Waals surface area (Å²) in [6.07, 6.45) is 1.52. The fourth-order valence-electron chi connectivity index (χ4n) is 2.20. The molecule has 1 aromatic heterocycles. The molecule has 23 heavy (non-hydrogen) atoms. The first-order valence-electron chi connectivity index (χ1n) is 7.29. The van der Waals surface area contributed by atoms with Crippen LogP contribution in [0.2, 0.25) is 5.02 Å². The standard InChI is InChI=1S/C16H20ClN3O2.ClH/c1-3-16(4-2,10-18)19-15(21)13-9-14(22-20-13)11-5-7-12(17)8-6-11;/h5-9H,3-4,10,18H2,1-2H3,(H,19,21);1H. The predicted octanol–water partition coefficient (Wildman–Crippen LogP) is 3.66. The molecule has 0 aliphatic carbocycles. The van der Waals surface area contributed by atoms with E-state index in [0.717, 1.165) is 18.4 Å². The zero-order chi connectivity index (χ0) is 16.2. The van der Waals surface area contributed by atoms with Crippen LogP contribution in [0.5, 0.6) is 0 Å². The van der Waals surface area contributed by atoms with E-state index in [0.29, 0.717) is 17.3 Å². The summed E-state index contributed by atoms with van der Waals surface area (Å²) in [7, 11) is 0. The topological polar surface area (TPSA) is 81.1 Å². The van der Waals surface area contributed by atoms with Crippen molar-refractivity contribution in [3.63, 3.8) is 0 Å². The number of carbonyl (C=O) groups excluding carboxylic acids is 1. The van der Waals surface area contributed by atoms with Gasteiger partial charge < -0.3 is 15.6 Å². The van der Waals surface area contributed by atoms with Crippen molar-refractivity contribution in [2.24, 2.45) is 5.73 Å². The van der Waals surface area contributed by atoms with Gasteiger partial charge in [-0.05, 0) is 37.1 Å². The largest absolute Gasteiger partial charge is 0.355 e. The molecule has 1 aromatic carbocycles. The normalized spacial score (nSPS) is 11.0. The quantitative estimate of drug-likeness (QED) is 0.826. The maximum absolute atomic E-state index is 12.3. The number of hydrogen-bond acceptors (Lipinski definition) is 4. The summed E-state index contributed by atoms with van der Waals surface area (Å²) in [5, 5.41) is 7.44. The molecule has 0 saturated heterocycles. The number of benzene rings is 1. The Morgan fingerprint density at radius 3 is 2.43 bits per heavy atom. The molecule has 0 bridgehead atoms. The fraction of sp³-hybridized carbons (Fsp3) is 0.375. The van der Waals surface area contributed by atoms with E-state index in [9.17, 15) is 4.79 Å². The highest BCUT2D eigenvalue weighted by Crippen LogP contribution is 2.23. The molecular formula is C16H21Cl2N3O2. The van der Waals surface area contributed by atoms with Gasteiger partial charge in [-0.15, -0.1) is 12.4 Å². The van der Waals surface area contributed by atoms with Gasteiger partial charge in [0.2, 0.25) is 0 Å². The third kappa shape index (κ3) is 4.47. The molecule has 5 nitrogen and oxygen atoms in total. The van der Waals surface area contributed by atoms with E-state index in [1.165, 1.54) is 0 Å². The van der Waals surface area contributed by atoms with Crippen LogP contribution in [-0.2, 0) is 0 Å². The first-order valence-corrected chi connectivity index (χ1v) is 7.66. The summed E-state index contributed by atoms with van der Waals surface area (Å²) in [6.45, 7) is 4.38. The molecule has 1 heterocycles. The smallest absolute Gasteiger partial charge is 0.273 e. The molecule has 0 saturated carbocycles. The number of nitrogens with one attached hydrogen (secondary N) is 1. The number of aromatic nitrogens is 1. The van der Waals surface area contributed by atoms with Gasteiger partial charge in [-0.25, -0.2) is 0 Å². The van der Waals surface area contributed by atoms with Crippen molar-refractivity contribution in [3.8, 4) is 11.3 Å². The molecule has 0 radical (unpaired) electrons. The maximum atomic E-state index is 12.3. The van der Waals surface area contributed by atoms with Crippen molar-refractivity contribution in [2.75, 3.05) is 6.54 Å². The van der Waals surface area contributed by atoms with Crippen LogP contribution in [0.3, 0.4) is 0 Å². The molecule has 3 N–H and O–H groups in total. The second-order valence-corrected chi connectivity index (χ2v) is 5.67. The van der Waals surface area contributed by atoms with Crippen LogP contribution in [-0.4, -0.2) is 23.1 Å². The van der Waals surface area contributed by atoms with E-state index < -0.39 is 5.54 Å². The third-order valence-corrected chi connectivity index (χ3v) is 4.25. The van der Waals surface area contributed by atoms with Gasteiger partial charge in [0.1, 0.15) is 0 Å². The van der Waals surface area contributed by atoms with Gasteiger partial charge in [0.25, 0.3) is 5.91 Å². The van der Waals surface area contributed by atoms with E-state index in [-0.39, 0.29) is 24.0 Å². The predicted molar refractivity (Wildman–Crippen MR) is 94.0 cm³/mol. The maximum Gasteiger partial charge on any atom is 0.273 e. The molecule has 2 rings (SSSR count). The highest BCUT2D eigenvalue weighted by Gasteiger charge is 2.28. The Bertz CT molecular complexity index is 629. The summed E-state index contributed by atoms with van der Waals surface area (Å²) in [6, 6.07) is 8.75. The Balaban J connectivity index is 0.00000264. The highest BCUT2D eigenvalue weighted by atomic mass is 35.5. The average Bonchev–Trinajstić information content (AvgIpc) is 3.03. The fourth-order valence-corrected chi connectivity index (χ4v) is 2.33. The molecule has 0 aliphatic heterocycles. The highest BCUT2D eigenvalue weighted by molar-refractivity contribution is 6.30. The second kappa shape index (κ2) is 8.34. The van der Waals surface area contributed by atoms with E-state index in [2.05, 4.69) is 10.5 Å². The van der Waals surface area contributed by atoms with Crippen molar-refractivity contribution in [2.45, 2.75) is 32.2 Å². The van der Waals surface area contributed by atoms with Gasteiger partial charge in [0, 0.05) is 23.2 Å². The van der Waals surface area contributed by atoms with Crippen molar-refractivity contribution >= 4 is 29.9 Å². The molecule has 1 amide bonds. The monoisotopic (exact) mass is 357 g/mol. The van der Waals surface area contributed by atoms with Crippen LogP contribution in [0, 0.1) is 0 Å². The van der Waals surface area contributed by atoms with E-state index in [1.807, 2.05) is 26.0 Å². The number of amides is 1. The van der Waals surface area contributed by atoms with Crippen molar-refractivity contribution in [1.82, 2.24) is 10.5 Å². The number of hydrogen-bond donors (Lipinski definition) is 2. The molecule has 126 valence electrons. The van der Waals surface area contributed by atoms with E-state index >= 15 is 0 Å². The number of nitrogens with zero attached hydrogens (tertiary/aromatic N) is 1. The Morgan fingerprint density at radius 1 is 1.30 bits per heavy atom. The molecule has 0 spiro atoms. The molecule has 0 atom stereocenters. The Morgan fingerprint density at radius 2 is 1.91 bits per heavy atom. The van der Waals surface area contributed by atoms with Crippen LogP contribution in [0.25, 0.3) is 11.3 Å². The Hall–Kier alpha value is -1.56. The van der Waals surface area contributed by atoms with Gasteiger partial charge >= 0.3 is 0 Å². The van der Waals surface area contributed by atoms with Gasteiger partial charge in [-0.1, -0.05) is 30.6 Å². The number of halogens is 2. The molecule has 2 aromatic rings. The van der Waals surface area contributed by atoms with Gasteiger partial charge in [0.15, 0.2) is 11.5 Å². The van der Waals surface area contributed by atoms with Crippen molar-refractivity contribution < 1.29 is 9.32 Å². The summed E-state index contributed by atoms with van der Waals surface area (Å²) in [5.74, 6) is 0.242. The summed E-state index contributed by atoms with van der Waals surface area (Å²) < 4.78 is 5.24. The van der Waals surface area contributed by atoms with Crippen molar-refractivity contribution in [1.29, 1.82) is 0 Å². The van der Waals surface area contributed by atoms with E-state index in [4.69, 9.17) is 21.9 Å². The third-order valence-electron chi connectivity index (χ3n) is 3.99. The average molecular weight is 358 g/mol. The van der Waals surface area contributed by atoms with Crippen LogP contribution >= 0.6 is 24.0 Å². The molecule has 7 heteroatoms. The second-order valence-electron chi connectivity index (χ2n) is 5.23. The van der Waals surface area contributed by atoms with Gasteiger partial charge in [-0.2, -0.15) is 0 Å². The minimum absolute atomic E-state index is 0. The van der Waals surface area contributed by atoms with Gasteiger partial charge in [-0.3, -0.25) is 4.79 Å². The zero-order valence-electron chi connectivity index (χ0n) is 13.1. The molecule has 0 unspecified atom stereocenters. The zero-order valence-corrected chi connectivity index (χ0v) is 14.7. The lowest BCUT2D eigenvalue weighted by Crippen LogP contribution is -2.52. The van der Waals surface area contributed by atoms with Crippen LogP contribution < -0.4 is 11.1 Å². The lowest BCUT2D eigenvalue weighted by atomic mass is 9.93. The van der Waals surface area contributed by atoms with Gasteiger partial charge in [0.05, 0.1) is 5.54 Å². The minimum Gasteiger partial charge on any atom is -0.355 e. The molecule has 0 fully saturated rings. The Labute approximate surface area is 147 Å². The van der Waals surface area contributed by atoms with E-state index in [1.54, 1.807) is 18.2 Å². The molecule has 0 aliphatic rings. The van der Waals surface area contributed by atoms with Crippen LogP contribution in [0.15, 0.2) is 34.9 Å². The first-order chi connectivity index (χ1) is 10.5. The number of nitrogens with two attached hydrogens (primary N) is 1. The van der Waals surface area contributed by atoms with Crippen LogP contribution in [0.1, 0.15) is 37.2 Å². The lowest BCUT2D eigenvalue weighted by molar-refractivity contribution is 0.0886. The first kappa shape index (κ1) is 19.5. The SMILES string of the molecule is CCC(CC)(CN)NC(=O)c1cc(-c2ccc(Cl)cc2)on1.Cl. The summed E-state index contributed by atoms with van der Waals surface area (Å²) in [5.41, 5.74) is 6.44.